The molecular formula is C21H28N2O6S. The molecule has 8 nitrogen and oxygen atoms in total. The number of carbonyl (C=O) groups is 1. The van der Waals surface area contributed by atoms with E-state index in [9.17, 15) is 13.2 Å². The first-order chi connectivity index (χ1) is 14.2. The van der Waals surface area contributed by atoms with Gasteiger partial charge in [0, 0.05) is 0 Å². The first kappa shape index (κ1) is 23.3. The third-order valence-corrected chi connectivity index (χ3v) is 5.23. The van der Waals surface area contributed by atoms with Gasteiger partial charge in [0.25, 0.3) is 0 Å². The average Bonchev–Trinajstić information content (AvgIpc) is 2.71. The summed E-state index contributed by atoms with van der Waals surface area (Å²) >= 11 is 0. The van der Waals surface area contributed by atoms with Crippen LogP contribution >= 0.6 is 0 Å². The molecule has 1 amide bonds. The van der Waals surface area contributed by atoms with E-state index in [1.807, 2.05) is 6.92 Å². The molecule has 9 heteroatoms. The summed E-state index contributed by atoms with van der Waals surface area (Å²) in [7, 11) is -2.06. The van der Waals surface area contributed by atoms with E-state index in [0.29, 0.717) is 23.8 Å². The van der Waals surface area contributed by atoms with E-state index < -0.39 is 15.9 Å². The van der Waals surface area contributed by atoms with Gasteiger partial charge in [0.2, 0.25) is 15.9 Å². The molecule has 164 valence electrons. The molecule has 0 unspecified atom stereocenters. The third kappa shape index (κ3) is 7.14. The number of methoxy groups -OCH3 is 1. The van der Waals surface area contributed by atoms with Gasteiger partial charge in [0.05, 0.1) is 31.7 Å². The van der Waals surface area contributed by atoms with Gasteiger partial charge in [-0.25, -0.2) is 8.42 Å². The SMILES string of the molecule is CCOc1ccc(N(CC(=O)N[C@@H](C)COc2ccc(OC)cc2)S(C)(=O)=O)cc1. The van der Waals surface area contributed by atoms with Crippen LogP contribution in [0.25, 0.3) is 0 Å². The Labute approximate surface area is 177 Å². The number of ether oxygens (including phenoxy) is 3. The first-order valence-corrected chi connectivity index (χ1v) is 11.3. The van der Waals surface area contributed by atoms with Crippen LogP contribution < -0.4 is 23.8 Å². The van der Waals surface area contributed by atoms with Crippen LogP contribution in [0, 0.1) is 0 Å². The molecule has 2 aromatic carbocycles. The van der Waals surface area contributed by atoms with Crippen LogP contribution in [0.1, 0.15) is 13.8 Å². The molecule has 0 aliphatic rings. The maximum absolute atomic E-state index is 12.4. The van der Waals surface area contributed by atoms with Gasteiger partial charge in [-0.1, -0.05) is 0 Å². The minimum atomic E-state index is -3.65. The molecular weight excluding hydrogens is 408 g/mol. The number of nitrogens with zero attached hydrogens (tertiary/aromatic N) is 1. The molecule has 0 aromatic heterocycles. The van der Waals surface area contributed by atoms with Gasteiger partial charge in [-0.15, -0.1) is 0 Å². The Morgan fingerprint density at radius 1 is 1.00 bits per heavy atom. The van der Waals surface area contributed by atoms with Crippen LogP contribution in [0.4, 0.5) is 5.69 Å². The normalized spacial score (nSPS) is 12.0. The van der Waals surface area contributed by atoms with Gasteiger partial charge in [-0.3, -0.25) is 9.10 Å². The molecule has 0 bridgehead atoms. The van der Waals surface area contributed by atoms with Crippen LogP contribution in [0.5, 0.6) is 17.2 Å². The highest BCUT2D eigenvalue weighted by Gasteiger charge is 2.21. The van der Waals surface area contributed by atoms with Crippen LogP contribution in [-0.4, -0.2) is 53.5 Å². The lowest BCUT2D eigenvalue weighted by atomic mass is 10.3. The highest BCUT2D eigenvalue weighted by molar-refractivity contribution is 7.92. The highest BCUT2D eigenvalue weighted by atomic mass is 32.2. The molecule has 1 N–H and O–H groups in total. The number of hydrogen-bond donors (Lipinski definition) is 1. The standard InChI is InChI=1S/C21H28N2O6S/c1-5-28-19-8-6-17(7-9-19)23(30(4,25)26)14-21(24)22-16(2)15-29-20-12-10-18(27-3)11-13-20/h6-13,16H,5,14-15H2,1-4H3,(H,22,24)/t16-/m0/s1. The first-order valence-electron chi connectivity index (χ1n) is 9.49. The molecule has 0 fully saturated rings. The summed E-state index contributed by atoms with van der Waals surface area (Å²) in [5.41, 5.74) is 0.387. The summed E-state index contributed by atoms with van der Waals surface area (Å²) in [6.07, 6.45) is 1.06. The molecule has 0 aliphatic heterocycles. The number of nitrogens with one attached hydrogen (secondary N) is 1. The molecule has 2 rings (SSSR count). The van der Waals surface area contributed by atoms with Crippen molar-refractivity contribution in [2.45, 2.75) is 19.9 Å². The molecule has 0 spiro atoms. The van der Waals surface area contributed by atoms with Gasteiger partial charge >= 0.3 is 0 Å². The van der Waals surface area contributed by atoms with E-state index in [1.54, 1.807) is 62.6 Å². The Morgan fingerprint density at radius 3 is 2.07 bits per heavy atom. The van der Waals surface area contributed by atoms with Gasteiger partial charge in [0.15, 0.2) is 0 Å². The molecule has 0 heterocycles. The van der Waals surface area contributed by atoms with Crippen LogP contribution in [0.15, 0.2) is 48.5 Å². The largest absolute Gasteiger partial charge is 0.497 e. The monoisotopic (exact) mass is 436 g/mol. The Bertz CT molecular complexity index is 914. The van der Waals surface area contributed by atoms with Crippen molar-refractivity contribution in [1.29, 1.82) is 0 Å². The fourth-order valence-corrected chi connectivity index (χ4v) is 3.52. The minimum absolute atomic E-state index is 0.236. The van der Waals surface area contributed by atoms with E-state index in [-0.39, 0.29) is 19.2 Å². The van der Waals surface area contributed by atoms with E-state index in [2.05, 4.69) is 5.32 Å². The molecule has 0 saturated heterocycles. The van der Waals surface area contributed by atoms with Crippen LogP contribution in [-0.2, 0) is 14.8 Å². The predicted octanol–water partition coefficient (Wildman–Crippen LogP) is 2.44. The summed E-state index contributed by atoms with van der Waals surface area (Å²) in [6.45, 7) is 4.05. The summed E-state index contributed by atoms with van der Waals surface area (Å²) in [4.78, 5) is 12.4. The number of sulfonamides is 1. The fourth-order valence-electron chi connectivity index (χ4n) is 2.66. The lowest BCUT2D eigenvalue weighted by molar-refractivity contribution is -0.120. The Hall–Kier alpha value is -2.94. The number of benzene rings is 2. The van der Waals surface area contributed by atoms with Crippen molar-refractivity contribution in [3.63, 3.8) is 0 Å². The minimum Gasteiger partial charge on any atom is -0.497 e. The number of carbonyl (C=O) groups excluding carboxylic acids is 1. The maximum Gasteiger partial charge on any atom is 0.241 e. The zero-order valence-electron chi connectivity index (χ0n) is 17.6. The molecule has 1 atom stereocenters. The fraction of sp³-hybridized carbons (Fsp3) is 0.381. The van der Waals surface area contributed by atoms with Crippen molar-refractivity contribution in [3.05, 3.63) is 48.5 Å². The molecule has 0 radical (unpaired) electrons. The highest BCUT2D eigenvalue weighted by Crippen LogP contribution is 2.21. The van der Waals surface area contributed by atoms with Gasteiger partial charge in [0.1, 0.15) is 30.4 Å². The Kier molecular flexibility index (Phi) is 8.35. The van der Waals surface area contributed by atoms with E-state index in [0.717, 1.165) is 16.3 Å². The van der Waals surface area contributed by atoms with Crippen molar-refractivity contribution in [3.8, 4) is 17.2 Å². The van der Waals surface area contributed by atoms with Crippen molar-refractivity contribution in [1.82, 2.24) is 5.32 Å². The van der Waals surface area contributed by atoms with Crippen LogP contribution in [0.3, 0.4) is 0 Å². The average molecular weight is 437 g/mol. The summed E-state index contributed by atoms with van der Waals surface area (Å²) in [5, 5.41) is 2.76. The number of hydrogen-bond acceptors (Lipinski definition) is 6. The molecule has 30 heavy (non-hydrogen) atoms. The lowest BCUT2D eigenvalue weighted by Gasteiger charge is -2.23. The Balaban J connectivity index is 1.94. The van der Waals surface area contributed by atoms with Crippen molar-refractivity contribution in [2.24, 2.45) is 0 Å². The zero-order chi connectivity index (χ0) is 22.1. The second kappa shape index (κ2) is 10.7. The van der Waals surface area contributed by atoms with Gasteiger partial charge in [-0.2, -0.15) is 0 Å². The van der Waals surface area contributed by atoms with Gasteiger partial charge < -0.3 is 19.5 Å². The molecule has 0 aliphatic carbocycles. The zero-order valence-corrected chi connectivity index (χ0v) is 18.4. The van der Waals surface area contributed by atoms with Gasteiger partial charge in [-0.05, 0) is 62.4 Å². The second-order valence-corrected chi connectivity index (χ2v) is 8.56. The summed E-state index contributed by atoms with van der Waals surface area (Å²) in [5.74, 6) is 1.56. The summed E-state index contributed by atoms with van der Waals surface area (Å²) < 4.78 is 41.6. The van der Waals surface area contributed by atoms with E-state index >= 15 is 0 Å². The quantitative estimate of drug-likeness (QED) is 0.582. The second-order valence-electron chi connectivity index (χ2n) is 6.65. The number of anilines is 1. The van der Waals surface area contributed by atoms with Crippen molar-refractivity contribution >= 4 is 21.6 Å². The number of amides is 1. The maximum atomic E-state index is 12.4. The Morgan fingerprint density at radius 2 is 1.53 bits per heavy atom. The van der Waals surface area contributed by atoms with Crippen molar-refractivity contribution in [2.75, 3.05) is 37.4 Å². The predicted molar refractivity (Wildman–Crippen MR) is 116 cm³/mol. The lowest BCUT2D eigenvalue weighted by Crippen LogP contribution is -2.44. The van der Waals surface area contributed by atoms with Crippen molar-refractivity contribution < 1.29 is 27.4 Å². The molecule has 0 saturated carbocycles. The van der Waals surface area contributed by atoms with E-state index in [4.69, 9.17) is 14.2 Å². The number of rotatable bonds is 11. The smallest absolute Gasteiger partial charge is 0.241 e. The van der Waals surface area contributed by atoms with E-state index in [1.165, 1.54) is 0 Å². The van der Waals surface area contributed by atoms with Crippen LogP contribution in [0.2, 0.25) is 0 Å². The summed E-state index contributed by atoms with van der Waals surface area (Å²) in [6, 6.07) is 13.3. The topological polar surface area (TPSA) is 94.2 Å². The molecule has 2 aromatic rings. The third-order valence-electron chi connectivity index (χ3n) is 4.09.